The molecule has 0 spiro atoms. The zero-order chi connectivity index (χ0) is 21.4. The fourth-order valence-electron chi connectivity index (χ4n) is 3.05. The van der Waals surface area contributed by atoms with E-state index in [0.29, 0.717) is 5.82 Å². The molecular formula is C20H12F3N7O. The lowest BCUT2D eigenvalue weighted by Gasteiger charge is -2.03. The van der Waals surface area contributed by atoms with Crippen LogP contribution in [0.4, 0.5) is 13.2 Å². The zero-order valence-corrected chi connectivity index (χ0v) is 15.7. The first-order valence-corrected chi connectivity index (χ1v) is 9.09. The fraction of sp³-hybridized carbons (Fsp3) is 0.100. The fourth-order valence-corrected chi connectivity index (χ4v) is 3.05. The van der Waals surface area contributed by atoms with Crippen molar-refractivity contribution in [1.29, 1.82) is 0 Å². The van der Waals surface area contributed by atoms with Gasteiger partial charge in [-0.25, -0.2) is 4.39 Å². The van der Waals surface area contributed by atoms with E-state index in [1.54, 1.807) is 12.4 Å². The van der Waals surface area contributed by atoms with E-state index < -0.39 is 18.1 Å². The van der Waals surface area contributed by atoms with Crippen molar-refractivity contribution >= 4 is 10.8 Å². The SMILES string of the molecule is Fc1cc(-c2nnc(C(F)F)o2)ccc1Cn1nnc(-c2ccc3cnccc3c2)n1. The number of aromatic nitrogens is 7. The highest BCUT2D eigenvalue weighted by atomic mass is 19.3. The van der Waals surface area contributed by atoms with E-state index in [-0.39, 0.29) is 23.6 Å². The number of alkyl halides is 2. The molecule has 0 aliphatic rings. The largest absolute Gasteiger partial charge is 0.415 e. The summed E-state index contributed by atoms with van der Waals surface area (Å²) in [5, 5.41) is 21.1. The third-order valence-electron chi connectivity index (χ3n) is 4.59. The van der Waals surface area contributed by atoms with Crippen LogP contribution in [0, 0.1) is 5.82 Å². The Morgan fingerprint density at radius 3 is 2.61 bits per heavy atom. The van der Waals surface area contributed by atoms with Crippen molar-refractivity contribution in [3.63, 3.8) is 0 Å². The predicted octanol–water partition coefficient (Wildman–Crippen LogP) is 4.06. The van der Waals surface area contributed by atoms with Gasteiger partial charge in [-0.1, -0.05) is 18.2 Å². The lowest BCUT2D eigenvalue weighted by atomic mass is 10.1. The summed E-state index contributed by atoms with van der Waals surface area (Å²) in [5.74, 6) is -1.19. The molecule has 3 aromatic heterocycles. The molecule has 0 saturated heterocycles. The molecule has 0 radical (unpaired) electrons. The Morgan fingerprint density at radius 2 is 1.81 bits per heavy atom. The zero-order valence-electron chi connectivity index (χ0n) is 15.7. The Hall–Kier alpha value is -4.15. The smallest absolute Gasteiger partial charge is 0.314 e. The van der Waals surface area contributed by atoms with Gasteiger partial charge in [-0.3, -0.25) is 4.98 Å². The van der Waals surface area contributed by atoms with E-state index in [0.717, 1.165) is 22.4 Å². The van der Waals surface area contributed by atoms with Crippen LogP contribution in [0.5, 0.6) is 0 Å². The van der Waals surface area contributed by atoms with Crippen LogP contribution in [0.15, 0.2) is 59.3 Å². The summed E-state index contributed by atoms with van der Waals surface area (Å²) in [6.07, 6.45) is 0.571. The summed E-state index contributed by atoms with van der Waals surface area (Å²) >= 11 is 0. The van der Waals surface area contributed by atoms with Crippen LogP contribution in [0.25, 0.3) is 33.6 Å². The molecule has 0 aliphatic carbocycles. The molecule has 11 heteroatoms. The van der Waals surface area contributed by atoms with Crippen LogP contribution >= 0.6 is 0 Å². The van der Waals surface area contributed by atoms with Crippen molar-refractivity contribution in [2.24, 2.45) is 0 Å². The summed E-state index contributed by atoms with van der Waals surface area (Å²) < 4.78 is 44.6. The minimum absolute atomic E-state index is 0.0305. The quantitative estimate of drug-likeness (QED) is 0.421. The first-order valence-electron chi connectivity index (χ1n) is 9.09. The number of halogens is 3. The molecule has 5 aromatic rings. The summed E-state index contributed by atoms with van der Waals surface area (Å²) in [7, 11) is 0. The van der Waals surface area contributed by atoms with E-state index in [1.807, 2.05) is 24.3 Å². The number of pyridine rings is 1. The molecule has 31 heavy (non-hydrogen) atoms. The van der Waals surface area contributed by atoms with Crippen molar-refractivity contribution in [3.05, 3.63) is 72.1 Å². The minimum atomic E-state index is -2.89. The van der Waals surface area contributed by atoms with Gasteiger partial charge in [0.2, 0.25) is 11.7 Å². The van der Waals surface area contributed by atoms with Crippen molar-refractivity contribution < 1.29 is 17.6 Å². The Bertz CT molecular complexity index is 1380. The average Bonchev–Trinajstić information content (AvgIpc) is 3.45. The molecule has 0 N–H and O–H groups in total. The molecule has 2 aromatic carbocycles. The molecule has 3 heterocycles. The van der Waals surface area contributed by atoms with Crippen LogP contribution in [0.3, 0.4) is 0 Å². The van der Waals surface area contributed by atoms with Crippen LogP contribution in [-0.4, -0.2) is 35.4 Å². The highest BCUT2D eigenvalue weighted by Gasteiger charge is 2.18. The van der Waals surface area contributed by atoms with Crippen molar-refractivity contribution in [2.75, 3.05) is 0 Å². The second-order valence-corrected chi connectivity index (χ2v) is 6.63. The summed E-state index contributed by atoms with van der Waals surface area (Å²) in [4.78, 5) is 5.35. The van der Waals surface area contributed by atoms with Crippen LogP contribution in [0.1, 0.15) is 17.9 Å². The summed E-state index contributed by atoms with van der Waals surface area (Å²) in [5.41, 5.74) is 1.25. The van der Waals surface area contributed by atoms with Gasteiger partial charge in [0.1, 0.15) is 5.82 Å². The van der Waals surface area contributed by atoms with E-state index >= 15 is 0 Å². The number of hydrogen-bond acceptors (Lipinski definition) is 7. The molecule has 0 aliphatic heterocycles. The maximum absolute atomic E-state index is 14.6. The third-order valence-corrected chi connectivity index (χ3v) is 4.59. The van der Waals surface area contributed by atoms with E-state index in [9.17, 15) is 13.2 Å². The van der Waals surface area contributed by atoms with Gasteiger partial charge in [0.25, 0.3) is 5.89 Å². The van der Waals surface area contributed by atoms with Gasteiger partial charge in [-0.15, -0.1) is 20.4 Å². The van der Waals surface area contributed by atoms with Gasteiger partial charge >= 0.3 is 6.43 Å². The van der Waals surface area contributed by atoms with Crippen LogP contribution in [-0.2, 0) is 6.54 Å². The lowest BCUT2D eigenvalue weighted by Crippen LogP contribution is -2.06. The Labute approximate surface area is 172 Å². The van der Waals surface area contributed by atoms with Crippen LogP contribution < -0.4 is 0 Å². The second-order valence-electron chi connectivity index (χ2n) is 6.63. The van der Waals surface area contributed by atoms with Crippen LogP contribution in [0.2, 0.25) is 0 Å². The van der Waals surface area contributed by atoms with Gasteiger partial charge < -0.3 is 4.42 Å². The minimum Gasteiger partial charge on any atom is -0.415 e. The number of fused-ring (bicyclic) bond motifs is 1. The first kappa shape index (κ1) is 18.9. The highest BCUT2D eigenvalue weighted by molar-refractivity contribution is 5.85. The highest BCUT2D eigenvalue weighted by Crippen LogP contribution is 2.25. The van der Waals surface area contributed by atoms with Crippen molar-refractivity contribution in [3.8, 4) is 22.8 Å². The molecule has 0 amide bonds. The maximum Gasteiger partial charge on any atom is 0.314 e. The van der Waals surface area contributed by atoms with Gasteiger partial charge in [-0.05, 0) is 34.9 Å². The molecule has 0 saturated carbocycles. The number of rotatable bonds is 5. The molecular weight excluding hydrogens is 411 g/mol. The van der Waals surface area contributed by atoms with E-state index in [1.165, 1.54) is 16.9 Å². The van der Waals surface area contributed by atoms with Crippen molar-refractivity contribution in [1.82, 2.24) is 35.4 Å². The molecule has 154 valence electrons. The Morgan fingerprint density at radius 1 is 0.935 bits per heavy atom. The number of hydrogen-bond donors (Lipinski definition) is 0. The number of tetrazole rings is 1. The molecule has 8 nitrogen and oxygen atoms in total. The molecule has 0 fully saturated rings. The topological polar surface area (TPSA) is 95.4 Å². The van der Waals surface area contributed by atoms with Crippen molar-refractivity contribution in [2.45, 2.75) is 13.0 Å². The average molecular weight is 423 g/mol. The summed E-state index contributed by atoms with van der Waals surface area (Å²) in [6, 6.07) is 11.7. The lowest BCUT2D eigenvalue weighted by molar-refractivity contribution is 0.116. The normalized spacial score (nSPS) is 11.5. The standard InChI is InChI=1S/C20H12F3N7O/c21-16-8-13(19-26-27-20(31-19)17(22)23)2-4-15(16)10-30-28-18(25-29-30)12-1-3-14-9-24-6-5-11(14)7-12/h1-9,17H,10H2. The second kappa shape index (κ2) is 7.59. The first-order chi connectivity index (χ1) is 15.1. The van der Waals surface area contributed by atoms with E-state index in [4.69, 9.17) is 4.42 Å². The van der Waals surface area contributed by atoms with Gasteiger partial charge in [0.05, 0.1) is 6.54 Å². The Balaban J connectivity index is 1.37. The maximum atomic E-state index is 14.6. The summed E-state index contributed by atoms with van der Waals surface area (Å²) in [6.45, 7) is 0.0305. The molecule has 0 atom stereocenters. The van der Waals surface area contributed by atoms with Gasteiger partial charge in [-0.2, -0.15) is 13.6 Å². The third kappa shape index (κ3) is 3.72. The molecule has 5 rings (SSSR count). The Kier molecular flexibility index (Phi) is 4.62. The number of benzene rings is 2. The monoisotopic (exact) mass is 423 g/mol. The predicted molar refractivity (Wildman–Crippen MR) is 102 cm³/mol. The number of nitrogens with zero attached hydrogens (tertiary/aromatic N) is 7. The van der Waals surface area contributed by atoms with Gasteiger partial charge in [0.15, 0.2) is 0 Å². The molecule has 0 bridgehead atoms. The van der Waals surface area contributed by atoms with Gasteiger partial charge in [0, 0.05) is 34.5 Å². The van der Waals surface area contributed by atoms with E-state index in [2.05, 4.69) is 30.6 Å². The molecule has 0 unspecified atom stereocenters.